The van der Waals surface area contributed by atoms with E-state index < -0.39 is 5.25 Å². The monoisotopic (exact) mass is 462 g/mol. The maximum Gasteiger partial charge on any atom is 0.242 e. The highest BCUT2D eigenvalue weighted by Crippen LogP contribution is 2.32. The zero-order chi connectivity index (χ0) is 21.5. The lowest BCUT2D eigenvalue weighted by Gasteiger charge is -2.19. The summed E-state index contributed by atoms with van der Waals surface area (Å²) < 4.78 is 5.18. The molecule has 1 saturated heterocycles. The number of amidine groups is 1. The van der Waals surface area contributed by atoms with E-state index in [0.29, 0.717) is 18.3 Å². The molecule has 0 bridgehead atoms. The van der Waals surface area contributed by atoms with Crippen LogP contribution in [0.5, 0.6) is 5.75 Å². The largest absolute Gasteiger partial charge is 0.497 e. The lowest BCUT2D eigenvalue weighted by atomic mass is 10.2. The Balaban J connectivity index is 0.00000341. The van der Waals surface area contributed by atoms with Crippen LogP contribution in [-0.2, 0) is 9.59 Å². The van der Waals surface area contributed by atoms with Crippen LogP contribution in [0.15, 0.2) is 59.6 Å². The van der Waals surface area contributed by atoms with Gasteiger partial charge in [-0.25, -0.2) is 4.99 Å². The molecule has 2 aromatic rings. The number of amides is 2. The first-order chi connectivity index (χ1) is 14.5. The summed E-state index contributed by atoms with van der Waals surface area (Å²) in [6.07, 6.45) is 0.0957. The number of aliphatic imine (C=N–C) groups is 1. The molecule has 1 atom stereocenters. The van der Waals surface area contributed by atoms with Crippen LogP contribution in [0.3, 0.4) is 0 Å². The van der Waals surface area contributed by atoms with E-state index in [9.17, 15) is 9.59 Å². The Kier molecular flexibility index (Phi) is 9.36. The van der Waals surface area contributed by atoms with Crippen molar-refractivity contribution < 1.29 is 14.3 Å². The summed E-state index contributed by atoms with van der Waals surface area (Å²) in [5, 5.41) is 2.97. The zero-order valence-electron chi connectivity index (χ0n) is 17.8. The van der Waals surface area contributed by atoms with Crippen molar-refractivity contribution in [1.82, 2.24) is 9.80 Å². The Morgan fingerprint density at radius 1 is 1.16 bits per heavy atom. The third kappa shape index (κ3) is 6.99. The average Bonchev–Trinajstić information content (AvgIpc) is 3.01. The highest BCUT2D eigenvalue weighted by molar-refractivity contribution is 8.15. The van der Waals surface area contributed by atoms with Crippen molar-refractivity contribution >= 4 is 52.5 Å². The van der Waals surface area contributed by atoms with E-state index in [1.165, 1.54) is 11.8 Å². The molecular formula is C22H27ClN4O3S. The number of para-hydroxylation sites is 1. The van der Waals surface area contributed by atoms with E-state index in [1.807, 2.05) is 73.6 Å². The molecule has 0 saturated carbocycles. The van der Waals surface area contributed by atoms with Crippen molar-refractivity contribution in [1.29, 1.82) is 0 Å². The first kappa shape index (κ1) is 24.7. The number of hydrogen-bond acceptors (Lipinski definition) is 6. The van der Waals surface area contributed by atoms with Gasteiger partial charge in [-0.05, 0) is 50.5 Å². The van der Waals surface area contributed by atoms with Crippen LogP contribution in [-0.4, -0.2) is 66.3 Å². The summed E-state index contributed by atoms with van der Waals surface area (Å²) in [7, 11) is 5.53. The van der Waals surface area contributed by atoms with Crippen molar-refractivity contribution in [3.63, 3.8) is 0 Å². The quantitative estimate of drug-likeness (QED) is 0.648. The second-order valence-electron chi connectivity index (χ2n) is 7.11. The highest BCUT2D eigenvalue weighted by Gasteiger charge is 2.39. The molecule has 1 N–H and O–H groups in total. The molecular weight excluding hydrogens is 436 g/mol. The lowest BCUT2D eigenvalue weighted by molar-refractivity contribution is -0.128. The van der Waals surface area contributed by atoms with Gasteiger partial charge in [0, 0.05) is 25.2 Å². The number of thioether (sulfide) groups is 1. The predicted molar refractivity (Wildman–Crippen MR) is 129 cm³/mol. The smallest absolute Gasteiger partial charge is 0.242 e. The van der Waals surface area contributed by atoms with Gasteiger partial charge in [0.1, 0.15) is 11.0 Å². The maximum absolute atomic E-state index is 13.0. The number of carbonyl (C=O) groups is 2. The van der Waals surface area contributed by atoms with Crippen LogP contribution in [0.1, 0.15) is 6.42 Å². The number of nitrogens with one attached hydrogen (secondary N) is 1. The second kappa shape index (κ2) is 11.7. The molecule has 2 amide bonds. The fourth-order valence-electron chi connectivity index (χ4n) is 2.90. The van der Waals surface area contributed by atoms with Gasteiger partial charge >= 0.3 is 0 Å². The molecule has 1 heterocycles. The second-order valence-corrected chi connectivity index (χ2v) is 8.28. The van der Waals surface area contributed by atoms with Gasteiger partial charge < -0.3 is 15.0 Å². The Morgan fingerprint density at radius 3 is 2.45 bits per heavy atom. The number of halogens is 1. The Labute approximate surface area is 193 Å². The normalized spacial score (nSPS) is 17.0. The van der Waals surface area contributed by atoms with Crippen molar-refractivity contribution in [3.8, 4) is 5.75 Å². The molecule has 31 heavy (non-hydrogen) atoms. The molecule has 1 unspecified atom stereocenters. The molecule has 7 nitrogen and oxygen atoms in total. The van der Waals surface area contributed by atoms with Gasteiger partial charge in [-0.3, -0.25) is 14.5 Å². The van der Waals surface area contributed by atoms with Crippen LogP contribution < -0.4 is 10.1 Å². The number of rotatable bonds is 8. The fraction of sp³-hybridized carbons (Fsp3) is 0.318. The summed E-state index contributed by atoms with van der Waals surface area (Å²) in [5.41, 5.74) is 1.45. The van der Waals surface area contributed by atoms with Crippen LogP contribution in [0.25, 0.3) is 0 Å². The van der Waals surface area contributed by atoms with Gasteiger partial charge in [-0.1, -0.05) is 30.0 Å². The SMILES string of the molecule is COc1ccc(N=C2SC(CC(=O)Nc3ccccc3)C(=O)N2CCN(C)C)cc1.Cl. The van der Waals surface area contributed by atoms with Gasteiger partial charge in [0.15, 0.2) is 5.17 Å². The van der Waals surface area contributed by atoms with Crippen LogP contribution in [0, 0.1) is 0 Å². The number of nitrogens with zero attached hydrogens (tertiary/aromatic N) is 3. The molecule has 2 aromatic carbocycles. The van der Waals surface area contributed by atoms with E-state index in [1.54, 1.807) is 12.0 Å². The topological polar surface area (TPSA) is 74.2 Å². The molecule has 0 aliphatic carbocycles. The number of anilines is 1. The number of hydrogen-bond donors (Lipinski definition) is 1. The molecule has 1 aliphatic heterocycles. The van der Waals surface area contributed by atoms with Crippen LogP contribution in [0.4, 0.5) is 11.4 Å². The van der Waals surface area contributed by atoms with E-state index in [2.05, 4.69) is 10.3 Å². The zero-order valence-corrected chi connectivity index (χ0v) is 19.4. The summed E-state index contributed by atoms with van der Waals surface area (Å²) in [4.78, 5) is 33.8. The van der Waals surface area contributed by atoms with Gasteiger partial charge in [0.2, 0.25) is 11.8 Å². The van der Waals surface area contributed by atoms with Gasteiger partial charge in [-0.15, -0.1) is 12.4 Å². The van der Waals surface area contributed by atoms with E-state index in [-0.39, 0.29) is 30.6 Å². The maximum atomic E-state index is 13.0. The van der Waals surface area contributed by atoms with Gasteiger partial charge in [0.25, 0.3) is 0 Å². The van der Waals surface area contributed by atoms with Crippen LogP contribution >= 0.6 is 24.2 Å². The van der Waals surface area contributed by atoms with Crippen LogP contribution in [0.2, 0.25) is 0 Å². The summed E-state index contributed by atoms with van der Waals surface area (Å²) >= 11 is 1.34. The van der Waals surface area contributed by atoms with Gasteiger partial charge in [0.05, 0.1) is 12.8 Å². The minimum atomic E-state index is -0.493. The Hall–Kier alpha value is -2.55. The van der Waals surface area contributed by atoms with Gasteiger partial charge in [-0.2, -0.15) is 0 Å². The standard InChI is InChI=1S/C22H26N4O3S.ClH/c1-25(2)13-14-26-21(28)19(15-20(27)23-16-7-5-4-6-8-16)30-22(26)24-17-9-11-18(29-3)12-10-17;/h4-12,19H,13-15H2,1-3H3,(H,23,27);1H. The summed E-state index contributed by atoms with van der Waals surface area (Å²) in [6.45, 7) is 1.22. The Bertz CT molecular complexity index is 907. The molecule has 1 aliphatic rings. The summed E-state index contributed by atoms with van der Waals surface area (Å²) in [5.74, 6) is 0.469. The molecule has 1 fully saturated rings. The third-order valence-corrected chi connectivity index (χ3v) is 5.69. The Morgan fingerprint density at radius 2 is 1.84 bits per heavy atom. The van der Waals surface area contributed by atoms with E-state index in [0.717, 1.165) is 17.1 Å². The van der Waals surface area contributed by atoms with Crippen molar-refractivity contribution in [2.24, 2.45) is 4.99 Å². The molecule has 3 rings (SSSR count). The molecule has 0 spiro atoms. The lowest BCUT2D eigenvalue weighted by Crippen LogP contribution is -2.38. The first-order valence-corrected chi connectivity index (χ1v) is 10.5. The third-order valence-electron chi connectivity index (χ3n) is 4.52. The number of carbonyl (C=O) groups excluding carboxylic acids is 2. The molecule has 9 heteroatoms. The van der Waals surface area contributed by atoms with Crippen molar-refractivity contribution in [2.75, 3.05) is 39.6 Å². The van der Waals surface area contributed by atoms with Crippen molar-refractivity contribution in [3.05, 3.63) is 54.6 Å². The average molecular weight is 463 g/mol. The predicted octanol–water partition coefficient (Wildman–Crippen LogP) is 3.64. The minimum absolute atomic E-state index is 0. The van der Waals surface area contributed by atoms with E-state index >= 15 is 0 Å². The number of benzene rings is 2. The highest BCUT2D eigenvalue weighted by atomic mass is 35.5. The molecule has 0 aromatic heterocycles. The number of methoxy groups -OCH3 is 1. The molecule has 0 radical (unpaired) electrons. The minimum Gasteiger partial charge on any atom is -0.497 e. The molecule has 166 valence electrons. The number of likely N-dealkylation sites (N-methyl/N-ethyl adjacent to an activating group) is 1. The van der Waals surface area contributed by atoms with E-state index in [4.69, 9.17) is 4.74 Å². The number of ether oxygens (including phenoxy) is 1. The summed E-state index contributed by atoms with van der Waals surface area (Å²) in [6, 6.07) is 16.6. The van der Waals surface area contributed by atoms with Crippen molar-refractivity contribution in [2.45, 2.75) is 11.7 Å². The first-order valence-electron chi connectivity index (χ1n) is 9.66. The fourth-order valence-corrected chi connectivity index (χ4v) is 4.08.